The van der Waals surface area contributed by atoms with Crippen LogP contribution in [-0.2, 0) is 11.8 Å². The number of hydrogen-bond donors (Lipinski definition) is 2. The number of nitrogens with one attached hydrogen (secondary N) is 2. The Kier molecular flexibility index (Phi) is 3.82. The number of hydrogen-bond acceptors (Lipinski definition) is 4. The molecule has 1 amide bonds. The van der Waals surface area contributed by atoms with Crippen molar-refractivity contribution in [2.24, 2.45) is 7.05 Å². The van der Waals surface area contributed by atoms with Crippen molar-refractivity contribution in [2.45, 2.75) is 6.18 Å². The van der Waals surface area contributed by atoms with Gasteiger partial charge in [-0.1, -0.05) is 0 Å². The number of aryl methyl sites for hydroxylation is 1. The highest BCUT2D eigenvalue weighted by molar-refractivity contribution is 5.90. The fourth-order valence-electron chi connectivity index (χ4n) is 0.896. The minimum atomic E-state index is -4.33. The molecule has 0 saturated heterocycles. The zero-order valence-corrected chi connectivity index (χ0v) is 8.38. The van der Waals surface area contributed by atoms with Crippen LogP contribution in [0, 0.1) is 0 Å². The normalized spacial score (nSPS) is 11.5. The van der Waals surface area contributed by atoms with E-state index < -0.39 is 25.2 Å². The molecule has 0 unspecified atom stereocenters. The van der Waals surface area contributed by atoms with Crippen LogP contribution in [-0.4, -0.2) is 39.9 Å². The smallest absolute Gasteiger partial charge is 0.300 e. The molecular formula is C7H10F3N5O. The maximum absolute atomic E-state index is 11.7. The first-order valence-corrected chi connectivity index (χ1v) is 4.30. The number of amides is 1. The first-order chi connectivity index (χ1) is 7.38. The molecule has 6 nitrogen and oxygen atoms in total. The molecule has 0 spiro atoms. The van der Waals surface area contributed by atoms with Gasteiger partial charge in [0.15, 0.2) is 0 Å². The summed E-state index contributed by atoms with van der Waals surface area (Å²) in [4.78, 5) is 14.8. The van der Waals surface area contributed by atoms with Gasteiger partial charge in [0, 0.05) is 7.05 Å². The first-order valence-electron chi connectivity index (χ1n) is 4.30. The summed E-state index contributed by atoms with van der Waals surface area (Å²) in [5.74, 6) is -0.431. The van der Waals surface area contributed by atoms with E-state index in [1.54, 1.807) is 7.05 Å². The lowest BCUT2D eigenvalue weighted by molar-refractivity contribution is -0.127. The van der Waals surface area contributed by atoms with Crippen LogP contribution in [0.3, 0.4) is 0 Å². The summed E-state index contributed by atoms with van der Waals surface area (Å²) in [5.41, 5.74) is 0. The second-order valence-electron chi connectivity index (χ2n) is 2.97. The van der Waals surface area contributed by atoms with E-state index >= 15 is 0 Å². The number of carbonyl (C=O) groups is 1. The van der Waals surface area contributed by atoms with Gasteiger partial charge in [-0.3, -0.25) is 10.1 Å². The van der Waals surface area contributed by atoms with Crippen molar-refractivity contribution >= 4 is 11.9 Å². The number of anilines is 1. The summed E-state index contributed by atoms with van der Waals surface area (Å²) in [7, 11) is 1.55. The van der Waals surface area contributed by atoms with Crippen molar-refractivity contribution in [1.82, 2.24) is 20.1 Å². The Labute approximate surface area is 88.8 Å². The average molecular weight is 237 g/mol. The zero-order valence-electron chi connectivity index (χ0n) is 8.38. The van der Waals surface area contributed by atoms with E-state index in [9.17, 15) is 18.0 Å². The van der Waals surface area contributed by atoms with Gasteiger partial charge < -0.3 is 5.32 Å². The molecule has 0 aliphatic carbocycles. The highest BCUT2D eigenvalue weighted by Gasteiger charge is 2.26. The summed E-state index contributed by atoms with van der Waals surface area (Å²) in [6.07, 6.45) is -3.11. The zero-order chi connectivity index (χ0) is 12.2. The Morgan fingerprint density at radius 3 is 2.75 bits per heavy atom. The lowest BCUT2D eigenvalue weighted by Crippen LogP contribution is -2.35. The minimum Gasteiger partial charge on any atom is -0.300 e. The maximum Gasteiger partial charge on any atom is 0.401 e. The topological polar surface area (TPSA) is 71.8 Å². The van der Waals surface area contributed by atoms with E-state index in [2.05, 4.69) is 15.4 Å². The van der Waals surface area contributed by atoms with Crippen LogP contribution in [0.5, 0.6) is 0 Å². The molecule has 1 heterocycles. The molecule has 0 aliphatic rings. The van der Waals surface area contributed by atoms with Gasteiger partial charge in [0.25, 0.3) is 0 Å². The standard InChI is InChI=1S/C7H10F3N5O/c1-15-6(12-4-13-15)14-5(16)2-11-3-7(8,9)10/h4,11H,2-3H2,1H3,(H,12,13,14,16). The summed E-state index contributed by atoms with van der Waals surface area (Å²) in [6, 6.07) is 0. The quantitative estimate of drug-likeness (QED) is 0.767. The predicted octanol–water partition coefficient (Wildman–Crippen LogP) is -0.0945. The van der Waals surface area contributed by atoms with E-state index in [4.69, 9.17) is 0 Å². The number of rotatable bonds is 4. The largest absolute Gasteiger partial charge is 0.401 e. The van der Waals surface area contributed by atoms with Gasteiger partial charge in [-0.15, -0.1) is 0 Å². The molecule has 0 atom stereocenters. The molecule has 0 aliphatic heterocycles. The summed E-state index contributed by atoms with van der Waals surface area (Å²) in [6.45, 7) is -1.65. The monoisotopic (exact) mass is 237 g/mol. The lowest BCUT2D eigenvalue weighted by Gasteiger charge is -2.08. The van der Waals surface area contributed by atoms with Gasteiger partial charge >= 0.3 is 6.18 Å². The van der Waals surface area contributed by atoms with Crippen molar-refractivity contribution < 1.29 is 18.0 Å². The Morgan fingerprint density at radius 2 is 2.25 bits per heavy atom. The molecule has 1 aromatic heterocycles. The molecule has 1 aromatic rings. The average Bonchev–Trinajstić information content (AvgIpc) is 2.49. The number of aromatic nitrogens is 3. The maximum atomic E-state index is 11.7. The highest BCUT2D eigenvalue weighted by atomic mass is 19.4. The number of halogens is 3. The van der Waals surface area contributed by atoms with E-state index in [0.717, 1.165) is 0 Å². The summed E-state index contributed by atoms with van der Waals surface area (Å²) >= 11 is 0. The van der Waals surface area contributed by atoms with Gasteiger partial charge in [-0.05, 0) is 0 Å². The van der Waals surface area contributed by atoms with Gasteiger partial charge in [-0.2, -0.15) is 23.3 Å². The van der Waals surface area contributed by atoms with Crippen molar-refractivity contribution in [1.29, 1.82) is 0 Å². The van der Waals surface area contributed by atoms with Crippen LogP contribution in [0.1, 0.15) is 0 Å². The molecule has 0 bridgehead atoms. The van der Waals surface area contributed by atoms with Crippen molar-refractivity contribution in [3.63, 3.8) is 0 Å². The third-order valence-corrected chi connectivity index (χ3v) is 1.57. The van der Waals surface area contributed by atoms with Crippen molar-refractivity contribution in [2.75, 3.05) is 18.4 Å². The van der Waals surface area contributed by atoms with Gasteiger partial charge in [0.1, 0.15) is 6.33 Å². The molecule has 0 fully saturated rings. The third-order valence-electron chi connectivity index (χ3n) is 1.57. The number of nitrogens with zero attached hydrogens (tertiary/aromatic N) is 3. The SMILES string of the molecule is Cn1ncnc1NC(=O)CNCC(F)(F)F. The molecule has 90 valence electrons. The molecule has 9 heteroatoms. The number of carbonyl (C=O) groups excluding carboxylic acids is 1. The molecular weight excluding hydrogens is 227 g/mol. The van der Waals surface area contributed by atoms with Crippen LogP contribution in [0.25, 0.3) is 0 Å². The number of alkyl halides is 3. The molecule has 0 saturated carbocycles. The molecule has 16 heavy (non-hydrogen) atoms. The summed E-state index contributed by atoms with van der Waals surface area (Å²) < 4.78 is 36.5. The van der Waals surface area contributed by atoms with E-state index in [-0.39, 0.29) is 5.95 Å². The Morgan fingerprint density at radius 1 is 1.56 bits per heavy atom. The van der Waals surface area contributed by atoms with Crippen LogP contribution in [0.4, 0.5) is 19.1 Å². The Bertz CT molecular complexity index is 361. The second-order valence-corrected chi connectivity index (χ2v) is 2.97. The van der Waals surface area contributed by atoms with Crippen LogP contribution in [0.15, 0.2) is 6.33 Å². The third kappa shape index (κ3) is 4.26. The molecule has 0 radical (unpaired) electrons. The summed E-state index contributed by atoms with van der Waals surface area (Å²) in [5, 5.41) is 7.94. The molecule has 2 N–H and O–H groups in total. The fraction of sp³-hybridized carbons (Fsp3) is 0.571. The predicted molar refractivity (Wildman–Crippen MR) is 48.6 cm³/mol. The Hall–Kier alpha value is -1.64. The van der Waals surface area contributed by atoms with Crippen molar-refractivity contribution in [3.05, 3.63) is 6.33 Å². The van der Waals surface area contributed by atoms with Crippen LogP contribution < -0.4 is 10.6 Å². The van der Waals surface area contributed by atoms with Crippen LogP contribution in [0.2, 0.25) is 0 Å². The fourth-order valence-corrected chi connectivity index (χ4v) is 0.896. The molecule has 1 rings (SSSR count). The highest BCUT2D eigenvalue weighted by Crippen LogP contribution is 2.11. The van der Waals surface area contributed by atoms with E-state index in [1.165, 1.54) is 11.0 Å². The second kappa shape index (κ2) is 4.92. The van der Waals surface area contributed by atoms with E-state index in [1.807, 2.05) is 5.32 Å². The van der Waals surface area contributed by atoms with Gasteiger partial charge in [-0.25, -0.2) is 4.68 Å². The van der Waals surface area contributed by atoms with Crippen LogP contribution >= 0.6 is 0 Å². The lowest BCUT2D eigenvalue weighted by atomic mass is 10.5. The van der Waals surface area contributed by atoms with Gasteiger partial charge in [0.05, 0.1) is 13.1 Å². The van der Waals surface area contributed by atoms with Crippen molar-refractivity contribution in [3.8, 4) is 0 Å². The van der Waals surface area contributed by atoms with Gasteiger partial charge in [0.2, 0.25) is 11.9 Å². The minimum absolute atomic E-state index is 0.179. The van der Waals surface area contributed by atoms with E-state index in [0.29, 0.717) is 0 Å². The molecule has 0 aromatic carbocycles. The Balaban J connectivity index is 2.30. The first kappa shape index (κ1) is 12.4.